The molecule has 0 unspecified atom stereocenters. The molecule has 1 amide bonds. The summed E-state index contributed by atoms with van der Waals surface area (Å²) in [5.74, 6) is -0.276. The van der Waals surface area contributed by atoms with Gasteiger partial charge in [-0.2, -0.15) is 4.98 Å². The Morgan fingerprint density at radius 2 is 1.23 bits per heavy atom. The SMILES string of the molecule is Cc1cn([C@@H]2CO[C@@H]3CO[C@@H](c4ccccc4)O[C@H]3[C@H]2OC(=O)OCC2c3ccccc3-c3ccccc32)c(=O)nc1NC(=O)OCC1c2ccccc2-c2ccccc21. The second kappa shape index (κ2) is 15.9. The van der Waals surface area contributed by atoms with E-state index in [1.54, 1.807) is 13.1 Å². The highest BCUT2D eigenvalue weighted by Gasteiger charge is 2.49. The maximum absolute atomic E-state index is 13.9. The lowest BCUT2D eigenvalue weighted by Gasteiger charge is -2.46. The number of aromatic nitrogens is 2. The Kier molecular flexibility index (Phi) is 9.96. The third kappa shape index (κ3) is 6.92. The van der Waals surface area contributed by atoms with E-state index < -0.39 is 48.6 Å². The second-order valence-corrected chi connectivity index (χ2v) is 15.4. The number of benzene rings is 5. The molecule has 0 saturated carbocycles. The van der Waals surface area contributed by atoms with Gasteiger partial charge in [0, 0.05) is 29.2 Å². The Hall–Kier alpha value is -6.60. The fraction of sp³-hybridized carbons (Fsp3) is 0.250. The molecule has 2 aliphatic heterocycles. The van der Waals surface area contributed by atoms with Crippen LogP contribution in [0.3, 0.4) is 0 Å². The highest BCUT2D eigenvalue weighted by atomic mass is 16.8. The van der Waals surface area contributed by atoms with Crippen molar-refractivity contribution < 1.29 is 38.0 Å². The summed E-state index contributed by atoms with van der Waals surface area (Å²) in [6.07, 6.45) is -3.36. The maximum Gasteiger partial charge on any atom is 0.508 e. The third-order valence-electron chi connectivity index (χ3n) is 11.9. The quantitative estimate of drug-likeness (QED) is 0.150. The Bertz CT molecular complexity index is 2560. The minimum Gasteiger partial charge on any atom is -0.448 e. The van der Waals surface area contributed by atoms with Crippen molar-refractivity contribution in [3.8, 4) is 22.3 Å². The smallest absolute Gasteiger partial charge is 0.448 e. The van der Waals surface area contributed by atoms with Crippen LogP contribution in [0.1, 0.15) is 57.5 Å². The number of nitrogens with zero attached hydrogens (tertiary/aromatic N) is 2. The molecule has 6 aromatic rings. The Labute approximate surface area is 345 Å². The van der Waals surface area contributed by atoms with Gasteiger partial charge in [0.15, 0.2) is 12.4 Å². The summed E-state index contributed by atoms with van der Waals surface area (Å²) in [6.45, 7) is 2.00. The zero-order chi connectivity index (χ0) is 40.7. The van der Waals surface area contributed by atoms with Crippen LogP contribution in [-0.2, 0) is 28.4 Å². The van der Waals surface area contributed by atoms with Crippen LogP contribution in [0, 0.1) is 6.92 Å². The number of hydrogen-bond acceptors (Lipinski definition) is 10. The van der Waals surface area contributed by atoms with E-state index in [4.69, 9.17) is 28.4 Å². The maximum atomic E-state index is 13.9. The fourth-order valence-electron chi connectivity index (χ4n) is 9.08. The summed E-state index contributed by atoms with van der Waals surface area (Å²) in [5, 5.41) is 2.66. The van der Waals surface area contributed by atoms with Crippen LogP contribution in [0.2, 0.25) is 0 Å². The number of nitrogens with one attached hydrogen (secondary N) is 1. The topological polar surface area (TPSA) is 136 Å². The first-order chi connectivity index (χ1) is 29.4. The van der Waals surface area contributed by atoms with Gasteiger partial charge in [0.05, 0.1) is 13.2 Å². The molecule has 3 heterocycles. The Morgan fingerprint density at radius 3 is 1.82 bits per heavy atom. The lowest BCUT2D eigenvalue weighted by molar-refractivity contribution is -0.307. The number of rotatable bonds is 8. The highest BCUT2D eigenvalue weighted by molar-refractivity contribution is 5.85. The predicted octanol–water partition coefficient (Wildman–Crippen LogP) is 8.30. The molecule has 10 rings (SSSR count). The molecular weight excluding hydrogens is 763 g/mol. The van der Waals surface area contributed by atoms with Crippen LogP contribution in [-0.4, -0.2) is 66.5 Å². The highest BCUT2D eigenvalue weighted by Crippen LogP contribution is 2.46. The summed E-state index contributed by atoms with van der Waals surface area (Å²) >= 11 is 0. The molecule has 12 nitrogen and oxygen atoms in total. The van der Waals surface area contributed by atoms with E-state index in [0.29, 0.717) is 5.56 Å². The molecule has 0 radical (unpaired) electrons. The average molecular weight is 804 g/mol. The van der Waals surface area contributed by atoms with Crippen LogP contribution in [0.25, 0.3) is 22.3 Å². The van der Waals surface area contributed by atoms with Gasteiger partial charge in [-0.1, -0.05) is 127 Å². The van der Waals surface area contributed by atoms with Crippen LogP contribution in [0.15, 0.2) is 138 Å². The number of aryl methyl sites for hydroxylation is 1. The van der Waals surface area contributed by atoms with Crippen molar-refractivity contribution in [2.24, 2.45) is 0 Å². The predicted molar refractivity (Wildman–Crippen MR) is 221 cm³/mol. The lowest BCUT2D eigenvalue weighted by atomic mass is 9.96. The van der Waals surface area contributed by atoms with Gasteiger partial charge in [-0.05, 0) is 51.4 Å². The molecule has 0 spiro atoms. The summed E-state index contributed by atoms with van der Waals surface area (Å²) in [4.78, 5) is 45.1. The molecule has 2 fully saturated rings. The number of hydrogen-bond donors (Lipinski definition) is 1. The molecule has 0 bridgehead atoms. The number of ether oxygens (including phenoxy) is 6. The molecule has 302 valence electrons. The first kappa shape index (κ1) is 37.7. The summed E-state index contributed by atoms with van der Waals surface area (Å²) in [6, 6.07) is 40.9. The van der Waals surface area contributed by atoms with Crippen molar-refractivity contribution in [3.63, 3.8) is 0 Å². The minimum absolute atomic E-state index is 0.0224. The van der Waals surface area contributed by atoms with E-state index in [9.17, 15) is 14.4 Å². The zero-order valence-electron chi connectivity index (χ0n) is 32.6. The number of anilines is 1. The minimum atomic E-state index is -1.05. The molecular formula is C48H41N3O9. The van der Waals surface area contributed by atoms with Gasteiger partial charge in [0.2, 0.25) is 0 Å². The largest absolute Gasteiger partial charge is 0.508 e. The standard InChI is InChI=1S/C48H41N3O9/c1-28-23-51(46(52)49-44(28)50-47(53)57-24-38-34-19-9-5-15-30(34)31-16-6-10-20-35(31)38)40-26-55-41-27-56-45(29-13-3-2-4-14-29)59-43(41)42(40)60-48(54)58-25-39-36-21-11-7-17-32(36)33-18-8-12-22-37(33)39/h2-23,38-43,45H,24-27H2,1H3,(H,49,50,52,53)/t40-,41-,42+,43-,45-/m1/s1. The summed E-state index contributed by atoms with van der Waals surface area (Å²) in [7, 11) is 0. The van der Waals surface area contributed by atoms with Crippen molar-refractivity contribution in [2.75, 3.05) is 31.7 Å². The van der Waals surface area contributed by atoms with Gasteiger partial charge in [-0.15, -0.1) is 0 Å². The zero-order valence-corrected chi connectivity index (χ0v) is 32.6. The Morgan fingerprint density at radius 1 is 0.700 bits per heavy atom. The summed E-state index contributed by atoms with van der Waals surface area (Å²) in [5.41, 5.74) is 9.27. The molecule has 2 aliphatic carbocycles. The van der Waals surface area contributed by atoms with E-state index in [0.717, 1.165) is 50.1 Å². The van der Waals surface area contributed by atoms with Gasteiger partial charge < -0.3 is 28.4 Å². The molecule has 5 aromatic carbocycles. The van der Waals surface area contributed by atoms with E-state index in [2.05, 4.69) is 34.6 Å². The first-order valence-corrected chi connectivity index (χ1v) is 20.1. The number of amides is 1. The van der Waals surface area contributed by atoms with E-state index in [1.165, 1.54) is 4.57 Å². The van der Waals surface area contributed by atoms with E-state index >= 15 is 0 Å². The first-order valence-electron chi connectivity index (χ1n) is 20.1. The molecule has 5 atom stereocenters. The monoisotopic (exact) mass is 803 g/mol. The normalized spacial score (nSPS) is 21.4. The third-order valence-corrected chi connectivity index (χ3v) is 11.9. The molecule has 60 heavy (non-hydrogen) atoms. The van der Waals surface area contributed by atoms with Crippen molar-refractivity contribution in [1.29, 1.82) is 0 Å². The van der Waals surface area contributed by atoms with Crippen LogP contribution >= 0.6 is 0 Å². The molecule has 4 aliphatic rings. The number of carbonyl (C=O) groups excluding carboxylic acids is 2. The van der Waals surface area contributed by atoms with Gasteiger partial charge in [-0.3, -0.25) is 9.88 Å². The number of fused-ring (bicyclic) bond motifs is 7. The second-order valence-electron chi connectivity index (χ2n) is 15.4. The molecule has 1 N–H and O–H groups in total. The number of carbonyl (C=O) groups is 2. The van der Waals surface area contributed by atoms with E-state index in [1.807, 2.05) is 103 Å². The van der Waals surface area contributed by atoms with Crippen molar-refractivity contribution >= 4 is 18.1 Å². The molecule has 2 saturated heterocycles. The van der Waals surface area contributed by atoms with Crippen molar-refractivity contribution in [3.05, 3.63) is 177 Å². The van der Waals surface area contributed by atoms with Crippen LogP contribution in [0.4, 0.5) is 15.4 Å². The van der Waals surface area contributed by atoms with Crippen molar-refractivity contribution in [1.82, 2.24) is 9.55 Å². The van der Waals surface area contributed by atoms with Gasteiger partial charge in [0.25, 0.3) is 0 Å². The fourth-order valence-corrected chi connectivity index (χ4v) is 9.08. The molecule has 12 heteroatoms. The average Bonchev–Trinajstić information content (AvgIpc) is 3.78. The van der Waals surface area contributed by atoms with Crippen LogP contribution < -0.4 is 11.0 Å². The van der Waals surface area contributed by atoms with Gasteiger partial charge in [0.1, 0.15) is 37.3 Å². The molecule has 1 aromatic heterocycles. The van der Waals surface area contributed by atoms with Gasteiger partial charge >= 0.3 is 17.9 Å². The van der Waals surface area contributed by atoms with Gasteiger partial charge in [-0.25, -0.2) is 14.4 Å². The Balaban J connectivity index is 0.879. The lowest BCUT2D eigenvalue weighted by Crippen LogP contribution is -2.58. The van der Waals surface area contributed by atoms with Crippen molar-refractivity contribution in [2.45, 2.75) is 49.4 Å². The van der Waals surface area contributed by atoms with Crippen LogP contribution in [0.5, 0.6) is 0 Å². The summed E-state index contributed by atoms with van der Waals surface area (Å²) < 4.78 is 37.9. The van der Waals surface area contributed by atoms with E-state index in [-0.39, 0.29) is 44.1 Å².